The Labute approximate surface area is 187 Å². The van der Waals surface area contributed by atoms with Gasteiger partial charge in [-0.15, -0.1) is 24.8 Å². The molecule has 0 atom stereocenters. The van der Waals surface area contributed by atoms with E-state index < -0.39 is 0 Å². The van der Waals surface area contributed by atoms with Crippen molar-refractivity contribution in [3.05, 3.63) is 65.2 Å². The third-order valence-corrected chi connectivity index (χ3v) is 5.29. The Bertz CT molecular complexity index is 729. The van der Waals surface area contributed by atoms with Crippen LogP contribution in [-0.2, 0) is 11.3 Å². The SMILES string of the molecule is Cc1cccc(C)c1NC(=O)CN(CCN1CCCC1)Cc1ccccc1.Cl.Cl. The van der Waals surface area contributed by atoms with Gasteiger partial charge < -0.3 is 10.2 Å². The Morgan fingerprint density at radius 1 is 0.966 bits per heavy atom. The molecule has 0 bridgehead atoms. The van der Waals surface area contributed by atoms with Gasteiger partial charge in [0.15, 0.2) is 0 Å². The number of nitrogens with zero attached hydrogens (tertiary/aromatic N) is 2. The minimum Gasteiger partial charge on any atom is -0.324 e. The summed E-state index contributed by atoms with van der Waals surface area (Å²) in [6.07, 6.45) is 2.59. The Kier molecular flexibility index (Phi) is 11.3. The molecule has 2 aromatic carbocycles. The first-order chi connectivity index (χ1) is 13.1. The molecule has 1 N–H and O–H groups in total. The van der Waals surface area contributed by atoms with Crippen LogP contribution in [0.25, 0.3) is 0 Å². The first-order valence-electron chi connectivity index (χ1n) is 9.96. The molecule has 1 saturated heterocycles. The number of rotatable bonds is 8. The van der Waals surface area contributed by atoms with E-state index in [1.54, 1.807) is 0 Å². The topological polar surface area (TPSA) is 35.6 Å². The van der Waals surface area contributed by atoms with Crippen LogP contribution in [0.4, 0.5) is 5.69 Å². The van der Waals surface area contributed by atoms with Gasteiger partial charge in [0.1, 0.15) is 0 Å². The second-order valence-electron chi connectivity index (χ2n) is 7.56. The summed E-state index contributed by atoms with van der Waals surface area (Å²) < 4.78 is 0. The van der Waals surface area contributed by atoms with Crippen LogP contribution < -0.4 is 5.32 Å². The van der Waals surface area contributed by atoms with Crippen LogP contribution in [0, 0.1) is 13.8 Å². The van der Waals surface area contributed by atoms with Gasteiger partial charge in [0.25, 0.3) is 0 Å². The maximum atomic E-state index is 12.7. The van der Waals surface area contributed by atoms with Crippen molar-refractivity contribution in [2.24, 2.45) is 0 Å². The molecule has 6 heteroatoms. The van der Waals surface area contributed by atoms with Crippen LogP contribution in [0.15, 0.2) is 48.5 Å². The van der Waals surface area contributed by atoms with Gasteiger partial charge in [0, 0.05) is 25.3 Å². The first kappa shape index (κ1) is 25.4. The van der Waals surface area contributed by atoms with Crippen LogP contribution in [0.1, 0.15) is 29.5 Å². The van der Waals surface area contributed by atoms with Gasteiger partial charge in [-0.25, -0.2) is 0 Å². The Balaban J connectivity index is 0.00000210. The molecule has 0 spiro atoms. The van der Waals surface area contributed by atoms with Gasteiger partial charge in [-0.05, 0) is 56.5 Å². The quantitative estimate of drug-likeness (QED) is 0.650. The summed E-state index contributed by atoms with van der Waals surface area (Å²) in [5.74, 6) is 0.0600. The second-order valence-corrected chi connectivity index (χ2v) is 7.56. The van der Waals surface area contributed by atoms with Gasteiger partial charge in [-0.3, -0.25) is 9.69 Å². The minimum atomic E-state index is 0. The summed E-state index contributed by atoms with van der Waals surface area (Å²) in [4.78, 5) is 17.5. The lowest BCUT2D eigenvalue weighted by Gasteiger charge is -2.25. The molecule has 1 aliphatic heterocycles. The molecule has 4 nitrogen and oxygen atoms in total. The molecule has 29 heavy (non-hydrogen) atoms. The number of nitrogens with one attached hydrogen (secondary N) is 1. The van der Waals surface area contributed by atoms with Crippen molar-refractivity contribution in [3.63, 3.8) is 0 Å². The van der Waals surface area contributed by atoms with E-state index in [4.69, 9.17) is 0 Å². The minimum absolute atomic E-state index is 0. The molecule has 160 valence electrons. The first-order valence-corrected chi connectivity index (χ1v) is 9.96. The molecule has 1 heterocycles. The number of carbonyl (C=O) groups is 1. The van der Waals surface area contributed by atoms with Crippen LogP contribution >= 0.6 is 24.8 Å². The third kappa shape index (κ3) is 7.98. The normalized spacial score (nSPS) is 13.6. The van der Waals surface area contributed by atoms with Crippen molar-refractivity contribution in [1.82, 2.24) is 9.80 Å². The number of halogens is 2. The fraction of sp³-hybridized carbons (Fsp3) is 0.435. The van der Waals surface area contributed by atoms with Crippen LogP contribution in [0.2, 0.25) is 0 Å². The van der Waals surface area contributed by atoms with Crippen LogP contribution in [0.3, 0.4) is 0 Å². The number of benzene rings is 2. The lowest BCUT2D eigenvalue weighted by Crippen LogP contribution is -2.38. The van der Waals surface area contributed by atoms with Crippen molar-refractivity contribution in [2.45, 2.75) is 33.2 Å². The molecular formula is C23H33Cl2N3O. The zero-order chi connectivity index (χ0) is 19.1. The predicted octanol–water partition coefficient (Wildman–Crippen LogP) is 4.68. The number of hydrogen-bond donors (Lipinski definition) is 1. The van der Waals surface area contributed by atoms with E-state index >= 15 is 0 Å². The monoisotopic (exact) mass is 437 g/mol. The van der Waals surface area contributed by atoms with E-state index in [0.29, 0.717) is 6.54 Å². The molecule has 3 rings (SSSR count). The molecular weight excluding hydrogens is 405 g/mol. The fourth-order valence-electron chi connectivity index (χ4n) is 3.74. The summed E-state index contributed by atoms with van der Waals surface area (Å²) in [5.41, 5.74) is 4.41. The van der Waals surface area contributed by atoms with Gasteiger partial charge in [-0.2, -0.15) is 0 Å². The van der Waals surface area contributed by atoms with E-state index in [-0.39, 0.29) is 30.7 Å². The van der Waals surface area contributed by atoms with Crippen molar-refractivity contribution in [2.75, 3.05) is 38.0 Å². The number of amides is 1. The van der Waals surface area contributed by atoms with Crippen LogP contribution in [0.5, 0.6) is 0 Å². The Hall–Kier alpha value is -1.59. The van der Waals surface area contributed by atoms with Gasteiger partial charge in [0.05, 0.1) is 6.54 Å². The number of carbonyl (C=O) groups excluding carboxylic acids is 1. The molecule has 1 aliphatic rings. The number of likely N-dealkylation sites (tertiary alicyclic amines) is 1. The van der Waals surface area contributed by atoms with Crippen molar-refractivity contribution in [3.8, 4) is 0 Å². The van der Waals surface area contributed by atoms with Crippen LogP contribution in [-0.4, -0.2) is 48.4 Å². The molecule has 0 radical (unpaired) electrons. The molecule has 0 unspecified atom stereocenters. The summed E-state index contributed by atoms with van der Waals surface area (Å²) in [7, 11) is 0. The van der Waals surface area contributed by atoms with Crippen molar-refractivity contribution in [1.29, 1.82) is 0 Å². The lowest BCUT2D eigenvalue weighted by molar-refractivity contribution is -0.117. The lowest BCUT2D eigenvalue weighted by atomic mass is 10.1. The van der Waals surface area contributed by atoms with E-state index in [9.17, 15) is 4.79 Å². The highest BCUT2D eigenvalue weighted by molar-refractivity contribution is 5.93. The smallest absolute Gasteiger partial charge is 0.238 e. The van der Waals surface area contributed by atoms with Crippen molar-refractivity contribution < 1.29 is 4.79 Å². The molecule has 1 amide bonds. The predicted molar refractivity (Wildman–Crippen MR) is 126 cm³/mol. The Morgan fingerprint density at radius 2 is 1.59 bits per heavy atom. The summed E-state index contributed by atoms with van der Waals surface area (Å²) in [6.45, 7) is 9.61. The van der Waals surface area contributed by atoms with E-state index in [1.165, 1.54) is 31.5 Å². The third-order valence-electron chi connectivity index (χ3n) is 5.29. The standard InChI is InChI=1S/C23H31N3O.2ClH/c1-19-9-8-10-20(2)23(19)24-22(27)18-26(16-15-25-13-6-7-14-25)17-21-11-4-3-5-12-21;;/h3-5,8-12H,6-7,13-18H2,1-2H3,(H,24,27);2*1H. The molecule has 0 saturated carbocycles. The second kappa shape index (κ2) is 12.9. The van der Waals surface area contributed by atoms with Gasteiger partial charge in [0.2, 0.25) is 5.91 Å². The van der Waals surface area contributed by atoms with E-state index in [0.717, 1.165) is 36.4 Å². The van der Waals surface area contributed by atoms with Gasteiger partial charge >= 0.3 is 0 Å². The molecule has 1 fully saturated rings. The number of anilines is 1. The Morgan fingerprint density at radius 3 is 2.21 bits per heavy atom. The maximum Gasteiger partial charge on any atom is 0.238 e. The largest absolute Gasteiger partial charge is 0.324 e. The summed E-state index contributed by atoms with van der Waals surface area (Å²) in [5, 5.41) is 3.13. The average molecular weight is 438 g/mol. The highest BCUT2D eigenvalue weighted by Crippen LogP contribution is 2.19. The molecule has 2 aromatic rings. The zero-order valence-electron chi connectivity index (χ0n) is 17.4. The average Bonchev–Trinajstić information content (AvgIpc) is 3.17. The number of aryl methyl sites for hydroxylation is 2. The van der Waals surface area contributed by atoms with E-state index in [1.807, 2.05) is 38.1 Å². The summed E-state index contributed by atoms with van der Waals surface area (Å²) in [6, 6.07) is 16.5. The molecule has 0 aromatic heterocycles. The highest BCUT2D eigenvalue weighted by Gasteiger charge is 2.16. The molecule has 0 aliphatic carbocycles. The van der Waals surface area contributed by atoms with Crippen molar-refractivity contribution >= 4 is 36.4 Å². The highest BCUT2D eigenvalue weighted by atomic mass is 35.5. The number of para-hydroxylation sites is 1. The summed E-state index contributed by atoms with van der Waals surface area (Å²) >= 11 is 0. The van der Waals surface area contributed by atoms with E-state index in [2.05, 4.69) is 39.4 Å². The zero-order valence-corrected chi connectivity index (χ0v) is 19.0. The maximum absolute atomic E-state index is 12.7. The number of hydrogen-bond acceptors (Lipinski definition) is 3. The van der Waals surface area contributed by atoms with Gasteiger partial charge in [-0.1, -0.05) is 48.5 Å². The fourth-order valence-corrected chi connectivity index (χ4v) is 3.74.